The van der Waals surface area contributed by atoms with Gasteiger partial charge in [0.2, 0.25) is 0 Å². The average molecular weight is 595 g/mol. The summed E-state index contributed by atoms with van der Waals surface area (Å²) in [5.74, 6) is -6.36. The van der Waals surface area contributed by atoms with Crippen molar-refractivity contribution in [2.75, 3.05) is 19.1 Å². The molecule has 2 N–H and O–H groups in total. The first-order valence-electron chi connectivity index (χ1n) is 13.2. The summed E-state index contributed by atoms with van der Waals surface area (Å²) in [5.41, 5.74) is 6.93. The Hall–Kier alpha value is -4.93. The van der Waals surface area contributed by atoms with Crippen molar-refractivity contribution < 1.29 is 41.4 Å². The maximum Gasteiger partial charge on any atom is 0.416 e. The minimum absolute atomic E-state index is 0.00341. The number of hydrogen-bond donors (Lipinski definition) is 1. The molecule has 7 nitrogen and oxygen atoms in total. The lowest BCUT2D eigenvalue weighted by molar-refractivity contribution is -0.150. The molecule has 3 aromatic rings. The van der Waals surface area contributed by atoms with Crippen LogP contribution in [0, 0.1) is 11.7 Å². The normalized spacial score (nSPS) is 20.6. The first kappa shape index (κ1) is 29.6. The number of rotatable bonds is 5. The van der Waals surface area contributed by atoms with Crippen LogP contribution in [-0.2, 0) is 30.0 Å². The summed E-state index contributed by atoms with van der Waals surface area (Å²) in [6.45, 7) is 0. The number of benzene rings is 3. The van der Waals surface area contributed by atoms with E-state index < -0.39 is 53.0 Å². The topological polar surface area (TPSA) is 98.9 Å². The Morgan fingerprint density at radius 3 is 2.07 bits per heavy atom. The number of carbonyl (C=O) groups is 3. The summed E-state index contributed by atoms with van der Waals surface area (Å²) in [4.78, 5) is 42.3. The maximum atomic E-state index is 14.5. The fraction of sp³-hybridized carbons (Fsp3) is 0.219. The van der Waals surface area contributed by atoms with E-state index in [9.17, 15) is 31.9 Å². The molecule has 11 heteroatoms. The monoisotopic (exact) mass is 594 g/mol. The Balaban J connectivity index is 1.81. The van der Waals surface area contributed by atoms with E-state index in [1.54, 1.807) is 30.3 Å². The zero-order chi connectivity index (χ0) is 31.1. The van der Waals surface area contributed by atoms with Crippen molar-refractivity contribution in [2.24, 2.45) is 11.7 Å². The van der Waals surface area contributed by atoms with Gasteiger partial charge in [-0.3, -0.25) is 14.5 Å². The van der Waals surface area contributed by atoms with Gasteiger partial charge in [-0.25, -0.2) is 9.18 Å². The number of esters is 2. The highest BCUT2D eigenvalue weighted by Crippen LogP contribution is 2.51. The summed E-state index contributed by atoms with van der Waals surface area (Å²) in [5, 5.41) is 0. The molecule has 0 amide bonds. The average Bonchev–Trinajstić information content (AvgIpc) is 3.00. The number of anilines is 1. The van der Waals surface area contributed by atoms with Gasteiger partial charge in [-0.15, -0.1) is 0 Å². The molecule has 222 valence electrons. The van der Waals surface area contributed by atoms with Gasteiger partial charge in [-0.1, -0.05) is 42.5 Å². The van der Waals surface area contributed by atoms with Gasteiger partial charge in [0, 0.05) is 22.9 Å². The Labute approximate surface area is 244 Å². The third kappa shape index (κ3) is 5.26. The molecule has 3 atom stereocenters. The number of nitrogens with two attached hydrogens (primary N) is 1. The van der Waals surface area contributed by atoms with Gasteiger partial charge in [0.1, 0.15) is 17.6 Å². The Bertz CT molecular complexity index is 1630. The van der Waals surface area contributed by atoms with Crippen LogP contribution in [0.5, 0.6) is 0 Å². The Morgan fingerprint density at radius 2 is 1.51 bits per heavy atom. The van der Waals surface area contributed by atoms with Crippen molar-refractivity contribution >= 4 is 23.4 Å². The number of ether oxygens (including phenoxy) is 2. The number of halogens is 4. The molecule has 0 radical (unpaired) electrons. The van der Waals surface area contributed by atoms with Gasteiger partial charge in [-0.2, -0.15) is 13.2 Å². The highest BCUT2D eigenvalue weighted by atomic mass is 19.4. The molecular weight excluding hydrogens is 568 g/mol. The largest absolute Gasteiger partial charge is 0.468 e. The van der Waals surface area contributed by atoms with Crippen molar-refractivity contribution in [3.63, 3.8) is 0 Å². The summed E-state index contributed by atoms with van der Waals surface area (Å²) < 4.78 is 64.2. The highest BCUT2D eigenvalue weighted by Gasteiger charge is 2.51. The second-order valence-corrected chi connectivity index (χ2v) is 10.1. The maximum absolute atomic E-state index is 14.5. The number of nitrogens with zero attached hydrogens (tertiary/aromatic N) is 1. The van der Waals surface area contributed by atoms with Crippen LogP contribution in [0.15, 0.2) is 102 Å². The summed E-state index contributed by atoms with van der Waals surface area (Å²) >= 11 is 0. The predicted molar refractivity (Wildman–Crippen MR) is 148 cm³/mol. The van der Waals surface area contributed by atoms with Crippen LogP contribution >= 0.6 is 0 Å². The number of allylic oxidation sites excluding steroid dienone is 2. The van der Waals surface area contributed by atoms with Crippen molar-refractivity contribution in [1.82, 2.24) is 0 Å². The fourth-order valence-corrected chi connectivity index (χ4v) is 5.83. The van der Waals surface area contributed by atoms with E-state index in [0.717, 1.165) is 38.5 Å². The molecule has 0 bridgehead atoms. The van der Waals surface area contributed by atoms with Crippen LogP contribution in [0.2, 0.25) is 0 Å². The van der Waals surface area contributed by atoms with E-state index in [2.05, 4.69) is 0 Å². The SMILES string of the molecule is COC(=O)C1=C(N)N(c2ccc(C(F)(F)F)cc2)C2=C(C(=O)[C@@H](C(=O)OC)[C@H](c3ccccc3)C2)[C@@H]1c1ccc(F)cc1. The molecular formula is C32H26F4N2O5. The minimum atomic E-state index is -4.61. The van der Waals surface area contributed by atoms with Gasteiger partial charge in [-0.05, 0) is 53.9 Å². The number of hydrogen-bond acceptors (Lipinski definition) is 7. The third-order valence-corrected chi connectivity index (χ3v) is 7.78. The van der Waals surface area contributed by atoms with E-state index in [4.69, 9.17) is 15.2 Å². The third-order valence-electron chi connectivity index (χ3n) is 7.78. The lowest BCUT2D eigenvalue weighted by atomic mass is 9.67. The first-order valence-corrected chi connectivity index (χ1v) is 13.2. The standard InChI is InChI=1S/C32H26F4N2O5/c1-42-30(40)25-22(17-6-4-3-5-7-17)16-23-26(28(25)39)24(18-8-12-20(33)13-9-18)27(31(41)43-2)29(37)38(23)21-14-10-19(11-15-21)32(34,35)36/h3-15,22,24-25H,16,37H2,1-2H3/t22-,24-,25-/m0/s1. The zero-order valence-electron chi connectivity index (χ0n) is 23.0. The minimum Gasteiger partial charge on any atom is -0.468 e. The molecule has 0 saturated carbocycles. The lowest BCUT2D eigenvalue weighted by Crippen LogP contribution is -2.46. The Kier molecular flexibility index (Phi) is 7.83. The van der Waals surface area contributed by atoms with Crippen molar-refractivity contribution in [3.8, 4) is 0 Å². The van der Waals surface area contributed by atoms with E-state index >= 15 is 0 Å². The van der Waals surface area contributed by atoms with Crippen molar-refractivity contribution in [1.29, 1.82) is 0 Å². The quantitative estimate of drug-likeness (QED) is 0.234. The van der Waals surface area contributed by atoms with E-state index in [1.165, 1.54) is 29.2 Å². The lowest BCUT2D eigenvalue weighted by Gasteiger charge is -2.44. The summed E-state index contributed by atoms with van der Waals surface area (Å²) in [6, 6.07) is 17.9. The van der Waals surface area contributed by atoms with Crippen LogP contribution < -0.4 is 10.6 Å². The molecule has 1 aliphatic carbocycles. The van der Waals surface area contributed by atoms with E-state index in [0.29, 0.717) is 11.1 Å². The van der Waals surface area contributed by atoms with Gasteiger partial charge in [0.05, 0.1) is 31.3 Å². The fourth-order valence-electron chi connectivity index (χ4n) is 5.83. The molecule has 0 spiro atoms. The first-order chi connectivity index (χ1) is 20.5. The molecule has 0 aromatic heterocycles. The molecule has 43 heavy (non-hydrogen) atoms. The van der Waals surface area contributed by atoms with Gasteiger partial charge < -0.3 is 15.2 Å². The van der Waals surface area contributed by atoms with Crippen LogP contribution in [-0.4, -0.2) is 31.9 Å². The second-order valence-electron chi connectivity index (χ2n) is 10.1. The van der Waals surface area contributed by atoms with Crippen LogP contribution in [0.1, 0.15) is 34.9 Å². The predicted octanol–water partition coefficient (Wildman–Crippen LogP) is 5.59. The van der Waals surface area contributed by atoms with Gasteiger partial charge in [0.15, 0.2) is 5.78 Å². The van der Waals surface area contributed by atoms with Crippen LogP contribution in [0.25, 0.3) is 0 Å². The van der Waals surface area contributed by atoms with Crippen molar-refractivity contribution in [3.05, 3.63) is 124 Å². The van der Waals surface area contributed by atoms with Crippen LogP contribution in [0.4, 0.5) is 23.2 Å². The smallest absolute Gasteiger partial charge is 0.416 e. The molecule has 0 fully saturated rings. The Morgan fingerprint density at radius 1 is 0.884 bits per heavy atom. The molecule has 1 aliphatic heterocycles. The number of methoxy groups -OCH3 is 2. The highest BCUT2D eigenvalue weighted by molar-refractivity contribution is 6.14. The van der Waals surface area contributed by atoms with Crippen molar-refractivity contribution in [2.45, 2.75) is 24.4 Å². The zero-order valence-corrected chi connectivity index (χ0v) is 23.0. The molecule has 2 aliphatic rings. The molecule has 5 rings (SSSR count). The van der Waals surface area contributed by atoms with Gasteiger partial charge >= 0.3 is 18.1 Å². The molecule has 3 aromatic carbocycles. The second kappa shape index (κ2) is 11.4. The number of alkyl halides is 3. The van der Waals surface area contributed by atoms with E-state index in [-0.39, 0.29) is 34.8 Å². The summed E-state index contributed by atoms with van der Waals surface area (Å²) in [6.07, 6.45) is -4.58. The number of carbonyl (C=O) groups excluding carboxylic acids is 3. The summed E-state index contributed by atoms with van der Waals surface area (Å²) in [7, 11) is 2.27. The van der Waals surface area contributed by atoms with Crippen LogP contribution in [0.3, 0.4) is 0 Å². The number of Topliss-reactive ketones (excluding diaryl/α,β-unsaturated/α-hetero) is 1. The molecule has 0 unspecified atom stereocenters. The molecule has 1 heterocycles. The van der Waals surface area contributed by atoms with E-state index in [1.807, 2.05) is 0 Å². The van der Waals surface area contributed by atoms with Gasteiger partial charge in [0.25, 0.3) is 0 Å². The number of ketones is 1. The molecule has 0 saturated heterocycles.